The minimum absolute atomic E-state index is 0.00409. The van der Waals surface area contributed by atoms with Crippen LogP contribution in [0, 0.1) is 6.92 Å². The summed E-state index contributed by atoms with van der Waals surface area (Å²) >= 11 is 0. The highest BCUT2D eigenvalue weighted by Crippen LogP contribution is 2.34. The summed E-state index contributed by atoms with van der Waals surface area (Å²) in [5.74, 6) is -0.844. The average molecular weight is 437 g/mol. The molecule has 0 aliphatic heterocycles. The van der Waals surface area contributed by atoms with E-state index in [9.17, 15) is 18.0 Å². The number of nitrogens with zero attached hydrogens (tertiary/aromatic N) is 2. The zero-order valence-electron chi connectivity index (χ0n) is 17.4. The second-order valence-corrected chi connectivity index (χ2v) is 7.71. The molecule has 32 heavy (non-hydrogen) atoms. The second-order valence-electron chi connectivity index (χ2n) is 7.71. The third-order valence-corrected chi connectivity index (χ3v) is 5.45. The lowest BCUT2D eigenvalue weighted by Crippen LogP contribution is -2.25. The molecule has 1 atom stereocenters. The van der Waals surface area contributed by atoms with E-state index in [1.54, 1.807) is 12.3 Å². The molecule has 0 aliphatic carbocycles. The van der Waals surface area contributed by atoms with E-state index in [1.165, 1.54) is 6.07 Å². The van der Waals surface area contributed by atoms with Gasteiger partial charge in [0.05, 0.1) is 11.3 Å². The minimum atomic E-state index is -4.47. The van der Waals surface area contributed by atoms with Gasteiger partial charge in [0, 0.05) is 31.3 Å². The average Bonchev–Trinajstić information content (AvgIpc) is 3.21. The number of aromatic nitrogens is 2. The normalized spacial score (nSPS) is 12.6. The van der Waals surface area contributed by atoms with E-state index >= 15 is 0 Å². The Morgan fingerprint density at radius 3 is 2.59 bits per heavy atom. The van der Waals surface area contributed by atoms with Crippen molar-refractivity contribution in [3.8, 4) is 0 Å². The van der Waals surface area contributed by atoms with Crippen LogP contribution in [0.4, 0.5) is 13.2 Å². The molecule has 2 aromatic carbocycles. The van der Waals surface area contributed by atoms with Crippen LogP contribution in [-0.4, -0.2) is 15.3 Å². The van der Waals surface area contributed by atoms with Crippen molar-refractivity contribution in [3.63, 3.8) is 0 Å². The molecule has 1 unspecified atom stereocenters. The first-order valence-corrected chi connectivity index (χ1v) is 10.2. The minimum Gasteiger partial charge on any atom is -0.352 e. The summed E-state index contributed by atoms with van der Waals surface area (Å²) in [4.78, 5) is 17.3. The lowest BCUT2D eigenvalue weighted by molar-refractivity contribution is -0.137. The Kier molecular flexibility index (Phi) is 5.99. The quantitative estimate of drug-likeness (QED) is 0.433. The number of carbonyl (C=O) groups excluding carboxylic acids is 1. The number of hydrogen-bond donors (Lipinski definition) is 1. The molecule has 4 nitrogen and oxygen atoms in total. The van der Waals surface area contributed by atoms with Gasteiger partial charge in [-0.25, -0.2) is 4.98 Å². The number of imidazole rings is 1. The van der Waals surface area contributed by atoms with Gasteiger partial charge in [0.2, 0.25) is 5.91 Å². The van der Waals surface area contributed by atoms with Crippen LogP contribution in [0.1, 0.15) is 40.3 Å². The summed E-state index contributed by atoms with van der Waals surface area (Å²) in [5, 5.41) is 2.87. The number of carbonyl (C=O) groups is 1. The molecular weight excluding hydrogens is 415 g/mol. The standard InChI is InChI=1S/C25H22F3N3O/c1-17-7-6-12-31-22(16-30-24(17)31)21(19-10-5-11-20(13-19)25(26,27)28)14-23(32)29-15-18-8-3-2-4-9-18/h2-13,16,21H,14-15H2,1H3,(H,29,32). The Morgan fingerprint density at radius 1 is 1.06 bits per heavy atom. The molecule has 1 N–H and O–H groups in total. The van der Waals surface area contributed by atoms with Gasteiger partial charge in [0.15, 0.2) is 0 Å². The van der Waals surface area contributed by atoms with Crippen LogP contribution in [0.25, 0.3) is 5.65 Å². The fourth-order valence-corrected chi connectivity index (χ4v) is 3.81. The van der Waals surface area contributed by atoms with Crippen molar-refractivity contribution in [3.05, 3.63) is 107 Å². The molecular formula is C25H22F3N3O. The zero-order chi connectivity index (χ0) is 22.7. The van der Waals surface area contributed by atoms with Crippen molar-refractivity contribution < 1.29 is 18.0 Å². The maximum Gasteiger partial charge on any atom is 0.416 e. The molecule has 0 saturated carbocycles. The van der Waals surface area contributed by atoms with E-state index in [1.807, 2.05) is 60.0 Å². The summed E-state index contributed by atoms with van der Waals surface area (Å²) in [6, 6.07) is 18.4. The third kappa shape index (κ3) is 4.66. The number of nitrogens with one attached hydrogen (secondary N) is 1. The van der Waals surface area contributed by atoms with Crippen molar-refractivity contribution in [2.45, 2.75) is 32.0 Å². The first kappa shape index (κ1) is 21.6. The van der Waals surface area contributed by atoms with E-state index in [0.29, 0.717) is 23.4 Å². The van der Waals surface area contributed by atoms with Gasteiger partial charge in [-0.1, -0.05) is 54.6 Å². The van der Waals surface area contributed by atoms with Crippen LogP contribution >= 0.6 is 0 Å². The Morgan fingerprint density at radius 2 is 1.84 bits per heavy atom. The van der Waals surface area contributed by atoms with Crippen molar-refractivity contribution in [1.29, 1.82) is 0 Å². The van der Waals surface area contributed by atoms with Crippen LogP contribution in [-0.2, 0) is 17.5 Å². The summed E-state index contributed by atoms with van der Waals surface area (Å²) in [6.07, 6.45) is -1.02. The molecule has 0 bridgehead atoms. The lowest BCUT2D eigenvalue weighted by atomic mass is 9.91. The largest absolute Gasteiger partial charge is 0.416 e. The fourth-order valence-electron chi connectivity index (χ4n) is 3.81. The fraction of sp³-hybridized carbons (Fsp3) is 0.200. The topological polar surface area (TPSA) is 46.4 Å². The van der Waals surface area contributed by atoms with Crippen LogP contribution in [0.15, 0.2) is 79.1 Å². The summed E-state index contributed by atoms with van der Waals surface area (Å²) in [5.41, 5.74) is 2.94. The Hall–Kier alpha value is -3.61. The van der Waals surface area contributed by atoms with E-state index in [-0.39, 0.29) is 12.3 Å². The van der Waals surface area contributed by atoms with Gasteiger partial charge in [-0.05, 0) is 35.7 Å². The van der Waals surface area contributed by atoms with Gasteiger partial charge in [-0.3, -0.25) is 4.79 Å². The predicted molar refractivity (Wildman–Crippen MR) is 116 cm³/mol. The molecule has 2 heterocycles. The predicted octanol–water partition coefficient (Wildman–Crippen LogP) is 5.50. The molecule has 4 aromatic rings. The highest BCUT2D eigenvalue weighted by atomic mass is 19.4. The summed E-state index contributed by atoms with van der Waals surface area (Å²) < 4.78 is 41.9. The summed E-state index contributed by atoms with van der Waals surface area (Å²) in [6.45, 7) is 2.26. The number of amides is 1. The zero-order valence-corrected chi connectivity index (χ0v) is 17.4. The van der Waals surface area contributed by atoms with Crippen LogP contribution in [0.2, 0.25) is 0 Å². The first-order chi connectivity index (χ1) is 15.3. The molecule has 4 rings (SSSR count). The molecule has 0 radical (unpaired) electrons. The van der Waals surface area contributed by atoms with Gasteiger partial charge >= 0.3 is 6.18 Å². The highest BCUT2D eigenvalue weighted by molar-refractivity contribution is 5.77. The van der Waals surface area contributed by atoms with Gasteiger partial charge in [0.25, 0.3) is 0 Å². The molecule has 0 fully saturated rings. The van der Waals surface area contributed by atoms with Gasteiger partial charge < -0.3 is 9.72 Å². The van der Waals surface area contributed by atoms with E-state index in [0.717, 1.165) is 23.3 Å². The van der Waals surface area contributed by atoms with Crippen molar-refractivity contribution in [2.75, 3.05) is 0 Å². The third-order valence-electron chi connectivity index (χ3n) is 5.45. The molecule has 1 amide bonds. The molecule has 0 saturated heterocycles. The number of hydrogen-bond acceptors (Lipinski definition) is 2. The number of halogens is 3. The molecule has 0 aliphatic rings. The van der Waals surface area contributed by atoms with Gasteiger partial charge in [0.1, 0.15) is 5.65 Å². The summed E-state index contributed by atoms with van der Waals surface area (Å²) in [7, 11) is 0. The van der Waals surface area contributed by atoms with Crippen LogP contribution in [0.3, 0.4) is 0 Å². The van der Waals surface area contributed by atoms with Crippen LogP contribution in [0.5, 0.6) is 0 Å². The molecule has 164 valence electrons. The molecule has 0 spiro atoms. The molecule has 2 aromatic heterocycles. The number of aryl methyl sites for hydroxylation is 1. The molecule has 7 heteroatoms. The van der Waals surface area contributed by atoms with E-state index in [4.69, 9.17) is 0 Å². The SMILES string of the molecule is Cc1cccn2c(C(CC(=O)NCc3ccccc3)c3cccc(C(F)(F)F)c3)cnc12. The Labute approximate surface area is 183 Å². The Bertz CT molecular complexity index is 1230. The number of rotatable bonds is 6. The number of alkyl halides is 3. The highest BCUT2D eigenvalue weighted by Gasteiger charge is 2.32. The van der Waals surface area contributed by atoms with Gasteiger partial charge in [-0.2, -0.15) is 13.2 Å². The second kappa shape index (κ2) is 8.86. The number of benzene rings is 2. The number of pyridine rings is 1. The maximum atomic E-state index is 13.4. The Balaban J connectivity index is 1.68. The van der Waals surface area contributed by atoms with Crippen molar-refractivity contribution in [2.24, 2.45) is 0 Å². The van der Waals surface area contributed by atoms with E-state index in [2.05, 4.69) is 10.3 Å². The van der Waals surface area contributed by atoms with E-state index < -0.39 is 17.7 Å². The first-order valence-electron chi connectivity index (χ1n) is 10.2. The van der Waals surface area contributed by atoms with Crippen molar-refractivity contribution in [1.82, 2.24) is 14.7 Å². The van der Waals surface area contributed by atoms with Crippen LogP contribution < -0.4 is 5.32 Å². The lowest BCUT2D eigenvalue weighted by Gasteiger charge is -2.19. The monoisotopic (exact) mass is 437 g/mol. The van der Waals surface area contributed by atoms with Crippen molar-refractivity contribution >= 4 is 11.6 Å². The smallest absolute Gasteiger partial charge is 0.352 e. The number of fused-ring (bicyclic) bond motifs is 1. The maximum absolute atomic E-state index is 13.4. The van der Waals surface area contributed by atoms with Gasteiger partial charge in [-0.15, -0.1) is 0 Å².